The van der Waals surface area contributed by atoms with Gasteiger partial charge >= 0.3 is 5.97 Å². The Hall–Kier alpha value is -1.07. The highest BCUT2D eigenvalue weighted by molar-refractivity contribution is 9.10. The average Bonchev–Trinajstić information content (AvgIpc) is 2.88. The van der Waals surface area contributed by atoms with E-state index < -0.39 is 5.97 Å². The standard InChI is InChI=1S/C14H19BrN2O2/c1-16(8-9-17-6-2-3-7-17)13-5-4-11(14(18)19)10-12(13)15/h4-5,10H,2-3,6-9H2,1H3,(H,18,19). The molecular weight excluding hydrogens is 308 g/mol. The van der Waals surface area contributed by atoms with E-state index in [4.69, 9.17) is 5.11 Å². The maximum Gasteiger partial charge on any atom is 0.335 e. The lowest BCUT2D eigenvalue weighted by molar-refractivity contribution is 0.0697. The quantitative estimate of drug-likeness (QED) is 0.903. The smallest absolute Gasteiger partial charge is 0.335 e. The van der Waals surface area contributed by atoms with Crippen LogP contribution in [0.4, 0.5) is 5.69 Å². The third-order valence-corrected chi connectivity index (χ3v) is 4.19. The van der Waals surface area contributed by atoms with E-state index in [2.05, 4.69) is 25.7 Å². The van der Waals surface area contributed by atoms with Gasteiger partial charge in [-0.15, -0.1) is 0 Å². The van der Waals surface area contributed by atoms with Gasteiger partial charge in [0.15, 0.2) is 0 Å². The number of rotatable bonds is 5. The van der Waals surface area contributed by atoms with Crippen molar-refractivity contribution in [1.82, 2.24) is 4.90 Å². The fraction of sp³-hybridized carbons (Fsp3) is 0.500. The van der Waals surface area contributed by atoms with E-state index in [0.29, 0.717) is 5.56 Å². The topological polar surface area (TPSA) is 43.8 Å². The number of likely N-dealkylation sites (N-methyl/N-ethyl adjacent to an activating group) is 1. The summed E-state index contributed by atoms with van der Waals surface area (Å²) in [6.07, 6.45) is 2.61. The van der Waals surface area contributed by atoms with Crippen LogP contribution in [0.25, 0.3) is 0 Å². The minimum Gasteiger partial charge on any atom is -0.478 e. The number of benzene rings is 1. The summed E-state index contributed by atoms with van der Waals surface area (Å²) in [7, 11) is 2.04. The summed E-state index contributed by atoms with van der Waals surface area (Å²) < 4.78 is 0.830. The van der Waals surface area contributed by atoms with Crippen molar-refractivity contribution in [3.05, 3.63) is 28.2 Å². The van der Waals surface area contributed by atoms with Crippen LogP contribution in [0.2, 0.25) is 0 Å². The molecule has 1 aromatic rings. The van der Waals surface area contributed by atoms with Gasteiger partial charge in [0.1, 0.15) is 0 Å². The van der Waals surface area contributed by atoms with Crippen molar-refractivity contribution >= 4 is 27.6 Å². The van der Waals surface area contributed by atoms with Gasteiger partial charge < -0.3 is 14.9 Å². The van der Waals surface area contributed by atoms with Crippen LogP contribution < -0.4 is 4.90 Å². The van der Waals surface area contributed by atoms with Crippen molar-refractivity contribution in [2.24, 2.45) is 0 Å². The predicted octanol–water partition coefficient (Wildman–Crippen LogP) is 2.68. The Balaban J connectivity index is 1.98. The lowest BCUT2D eigenvalue weighted by Crippen LogP contribution is -2.31. The molecule has 5 heteroatoms. The Labute approximate surface area is 122 Å². The Kier molecular flexibility index (Phi) is 4.82. The summed E-state index contributed by atoms with van der Waals surface area (Å²) in [4.78, 5) is 15.5. The van der Waals surface area contributed by atoms with Crippen LogP contribution in [0.3, 0.4) is 0 Å². The van der Waals surface area contributed by atoms with Crippen LogP contribution in [0.1, 0.15) is 23.2 Å². The molecule has 0 atom stereocenters. The molecule has 4 nitrogen and oxygen atoms in total. The monoisotopic (exact) mass is 326 g/mol. The molecule has 0 aliphatic carbocycles. The lowest BCUT2D eigenvalue weighted by atomic mass is 10.2. The molecule has 0 bridgehead atoms. The molecule has 1 N–H and O–H groups in total. The van der Waals surface area contributed by atoms with Gasteiger partial charge in [-0.05, 0) is 60.1 Å². The molecule has 1 fully saturated rings. The summed E-state index contributed by atoms with van der Waals surface area (Å²) in [6.45, 7) is 4.41. The second-order valence-electron chi connectivity index (χ2n) is 4.94. The predicted molar refractivity (Wildman–Crippen MR) is 80.0 cm³/mol. The number of hydrogen-bond acceptors (Lipinski definition) is 3. The maximum absolute atomic E-state index is 10.9. The van der Waals surface area contributed by atoms with Gasteiger partial charge in [-0.3, -0.25) is 0 Å². The van der Waals surface area contributed by atoms with Crippen LogP contribution in [0.15, 0.2) is 22.7 Å². The maximum atomic E-state index is 10.9. The molecule has 104 valence electrons. The van der Waals surface area contributed by atoms with E-state index in [0.717, 1.165) is 23.2 Å². The van der Waals surface area contributed by atoms with E-state index in [9.17, 15) is 4.79 Å². The van der Waals surface area contributed by atoms with Crippen molar-refractivity contribution in [2.45, 2.75) is 12.8 Å². The van der Waals surface area contributed by atoms with Gasteiger partial charge in [0.05, 0.1) is 11.3 Å². The number of carbonyl (C=O) groups is 1. The van der Waals surface area contributed by atoms with Crippen LogP contribution in [-0.4, -0.2) is 49.2 Å². The number of carboxylic acid groups (broad SMARTS) is 1. The Morgan fingerprint density at radius 2 is 2.11 bits per heavy atom. The minimum atomic E-state index is -0.896. The Morgan fingerprint density at radius 3 is 2.68 bits per heavy atom. The van der Waals surface area contributed by atoms with E-state index in [1.165, 1.54) is 25.9 Å². The molecule has 0 unspecified atom stereocenters. The van der Waals surface area contributed by atoms with E-state index in [1.807, 2.05) is 13.1 Å². The first-order valence-corrected chi connectivity index (χ1v) is 7.33. The first-order chi connectivity index (χ1) is 9.08. The molecule has 0 aromatic heterocycles. The first-order valence-electron chi connectivity index (χ1n) is 6.54. The third-order valence-electron chi connectivity index (χ3n) is 3.56. The fourth-order valence-electron chi connectivity index (χ4n) is 2.37. The summed E-state index contributed by atoms with van der Waals surface area (Å²) in [6, 6.07) is 5.16. The number of nitrogens with zero attached hydrogens (tertiary/aromatic N) is 2. The highest BCUT2D eigenvalue weighted by Gasteiger charge is 2.14. The number of anilines is 1. The molecule has 1 aromatic carbocycles. The average molecular weight is 327 g/mol. The van der Waals surface area contributed by atoms with Gasteiger partial charge in [0, 0.05) is 24.6 Å². The zero-order valence-corrected chi connectivity index (χ0v) is 12.7. The second kappa shape index (κ2) is 6.39. The number of carboxylic acids is 1. The zero-order valence-electron chi connectivity index (χ0n) is 11.1. The highest BCUT2D eigenvalue weighted by Crippen LogP contribution is 2.26. The number of aromatic carboxylic acids is 1. The molecule has 1 aliphatic heterocycles. The molecule has 0 saturated carbocycles. The summed E-state index contributed by atoms with van der Waals surface area (Å²) >= 11 is 3.45. The summed E-state index contributed by atoms with van der Waals surface area (Å²) in [5.74, 6) is -0.896. The molecule has 0 spiro atoms. The van der Waals surface area contributed by atoms with Gasteiger partial charge in [0.2, 0.25) is 0 Å². The van der Waals surface area contributed by atoms with E-state index >= 15 is 0 Å². The van der Waals surface area contributed by atoms with Crippen molar-refractivity contribution < 1.29 is 9.90 Å². The number of halogens is 1. The number of likely N-dealkylation sites (tertiary alicyclic amines) is 1. The van der Waals surface area contributed by atoms with Gasteiger partial charge in [0.25, 0.3) is 0 Å². The summed E-state index contributed by atoms with van der Waals surface area (Å²) in [5.41, 5.74) is 1.34. The Morgan fingerprint density at radius 1 is 1.42 bits per heavy atom. The van der Waals surface area contributed by atoms with Crippen molar-refractivity contribution in [1.29, 1.82) is 0 Å². The summed E-state index contributed by atoms with van der Waals surface area (Å²) in [5, 5.41) is 8.94. The van der Waals surface area contributed by atoms with Crippen LogP contribution in [0, 0.1) is 0 Å². The van der Waals surface area contributed by atoms with Gasteiger partial charge in [-0.25, -0.2) is 4.79 Å². The normalized spacial score (nSPS) is 15.7. The molecule has 19 heavy (non-hydrogen) atoms. The molecular formula is C14H19BrN2O2. The minimum absolute atomic E-state index is 0.309. The van der Waals surface area contributed by atoms with Crippen LogP contribution in [-0.2, 0) is 0 Å². The van der Waals surface area contributed by atoms with Crippen LogP contribution >= 0.6 is 15.9 Å². The highest BCUT2D eigenvalue weighted by atomic mass is 79.9. The number of hydrogen-bond donors (Lipinski definition) is 1. The molecule has 1 aliphatic rings. The Bertz CT molecular complexity index is 459. The van der Waals surface area contributed by atoms with Crippen molar-refractivity contribution in [3.8, 4) is 0 Å². The molecule has 0 radical (unpaired) electrons. The lowest BCUT2D eigenvalue weighted by Gasteiger charge is -2.24. The first kappa shape index (κ1) is 14.3. The molecule has 1 heterocycles. The van der Waals surface area contributed by atoms with Crippen LogP contribution in [0.5, 0.6) is 0 Å². The molecule has 0 amide bonds. The second-order valence-corrected chi connectivity index (χ2v) is 5.80. The molecule has 1 saturated heterocycles. The SMILES string of the molecule is CN(CCN1CCCC1)c1ccc(C(=O)O)cc1Br. The fourth-order valence-corrected chi connectivity index (χ4v) is 3.05. The van der Waals surface area contributed by atoms with Crippen molar-refractivity contribution in [2.75, 3.05) is 38.1 Å². The molecule has 2 rings (SSSR count). The van der Waals surface area contributed by atoms with Gasteiger partial charge in [-0.1, -0.05) is 0 Å². The van der Waals surface area contributed by atoms with E-state index in [1.54, 1.807) is 12.1 Å². The van der Waals surface area contributed by atoms with Gasteiger partial charge in [-0.2, -0.15) is 0 Å². The van der Waals surface area contributed by atoms with Crippen molar-refractivity contribution in [3.63, 3.8) is 0 Å². The van der Waals surface area contributed by atoms with E-state index in [-0.39, 0.29) is 0 Å². The largest absolute Gasteiger partial charge is 0.478 e. The zero-order chi connectivity index (χ0) is 13.8. The third kappa shape index (κ3) is 3.70.